The zero-order valence-corrected chi connectivity index (χ0v) is 16.1. The molecule has 4 N–H and O–H groups in total. The number of rotatable bonds is 6. The van der Waals surface area contributed by atoms with Crippen molar-refractivity contribution in [2.75, 3.05) is 18.4 Å². The molecule has 0 saturated carbocycles. The molecule has 0 aliphatic carbocycles. The predicted octanol–water partition coefficient (Wildman–Crippen LogP) is 2.25. The zero-order chi connectivity index (χ0) is 20.1. The van der Waals surface area contributed by atoms with Crippen LogP contribution in [0.3, 0.4) is 0 Å². The standard InChI is InChI=1S/C18H18Cl2N4O4/c19-15-5-10(6-16(20)23-15)9-28-12-3-1-11(2-4-12)22-17(25)13-7-21-8-14(13)18(26)24-27/h1-6,13-14,21,27H,7-9H2,(H,22,25)(H,24,26)/t13-,14-/m1/s1. The summed E-state index contributed by atoms with van der Waals surface area (Å²) < 4.78 is 5.68. The van der Waals surface area contributed by atoms with Crippen LogP contribution < -0.4 is 20.9 Å². The molecule has 1 saturated heterocycles. The number of hydrogen-bond acceptors (Lipinski definition) is 6. The summed E-state index contributed by atoms with van der Waals surface area (Å²) in [6.45, 7) is 0.960. The van der Waals surface area contributed by atoms with Crippen LogP contribution in [0.15, 0.2) is 36.4 Å². The smallest absolute Gasteiger partial charge is 0.248 e. The quantitative estimate of drug-likeness (QED) is 0.321. The van der Waals surface area contributed by atoms with Crippen molar-refractivity contribution in [2.45, 2.75) is 6.61 Å². The highest BCUT2D eigenvalue weighted by Crippen LogP contribution is 2.22. The van der Waals surface area contributed by atoms with E-state index in [1.165, 1.54) is 0 Å². The van der Waals surface area contributed by atoms with Gasteiger partial charge in [0.25, 0.3) is 0 Å². The first-order valence-electron chi connectivity index (χ1n) is 8.46. The Labute approximate surface area is 171 Å². The molecular formula is C18H18Cl2N4O4. The van der Waals surface area contributed by atoms with E-state index in [1.807, 2.05) is 0 Å². The number of carbonyl (C=O) groups is 2. The van der Waals surface area contributed by atoms with Crippen LogP contribution in [0.25, 0.3) is 0 Å². The van der Waals surface area contributed by atoms with Crippen molar-refractivity contribution in [2.24, 2.45) is 11.8 Å². The number of pyridine rings is 1. The Kier molecular flexibility index (Phi) is 6.69. The van der Waals surface area contributed by atoms with Gasteiger partial charge in [-0.3, -0.25) is 14.8 Å². The Hall–Kier alpha value is -2.39. The number of anilines is 1. The average Bonchev–Trinajstić information content (AvgIpc) is 3.16. The second kappa shape index (κ2) is 9.20. The van der Waals surface area contributed by atoms with E-state index < -0.39 is 17.7 Å². The van der Waals surface area contributed by atoms with E-state index >= 15 is 0 Å². The molecule has 8 nitrogen and oxygen atoms in total. The van der Waals surface area contributed by atoms with Crippen LogP contribution in [0, 0.1) is 11.8 Å². The van der Waals surface area contributed by atoms with Crippen LogP contribution >= 0.6 is 23.2 Å². The number of nitrogens with zero attached hydrogens (tertiary/aromatic N) is 1. The molecule has 0 radical (unpaired) electrons. The molecule has 2 heterocycles. The lowest BCUT2D eigenvalue weighted by atomic mass is 9.94. The lowest BCUT2D eigenvalue weighted by molar-refractivity contribution is -0.136. The van der Waals surface area contributed by atoms with Gasteiger partial charge in [-0.25, -0.2) is 10.5 Å². The molecule has 2 aromatic rings. The first-order chi connectivity index (χ1) is 13.5. The van der Waals surface area contributed by atoms with Crippen molar-refractivity contribution >= 4 is 40.7 Å². The number of carbonyl (C=O) groups excluding carboxylic acids is 2. The number of halogens is 2. The molecular weight excluding hydrogens is 407 g/mol. The van der Waals surface area contributed by atoms with Crippen molar-refractivity contribution in [3.05, 3.63) is 52.3 Å². The summed E-state index contributed by atoms with van der Waals surface area (Å²) in [7, 11) is 0. The summed E-state index contributed by atoms with van der Waals surface area (Å²) in [5, 5.41) is 15.1. The molecule has 2 amide bonds. The summed E-state index contributed by atoms with van der Waals surface area (Å²) >= 11 is 11.7. The number of hydroxylamine groups is 1. The van der Waals surface area contributed by atoms with E-state index in [0.717, 1.165) is 5.56 Å². The maximum Gasteiger partial charge on any atom is 0.248 e. The van der Waals surface area contributed by atoms with Crippen LogP contribution in [0.2, 0.25) is 10.3 Å². The van der Waals surface area contributed by atoms with E-state index in [2.05, 4.69) is 15.6 Å². The Morgan fingerprint density at radius 1 is 1.11 bits per heavy atom. The lowest BCUT2D eigenvalue weighted by Gasteiger charge is -2.16. The lowest BCUT2D eigenvalue weighted by Crippen LogP contribution is -2.38. The van der Waals surface area contributed by atoms with Crippen LogP contribution in [-0.2, 0) is 16.2 Å². The van der Waals surface area contributed by atoms with Gasteiger partial charge in [0.05, 0.1) is 11.8 Å². The first kappa shape index (κ1) is 20.3. The molecule has 0 bridgehead atoms. The van der Waals surface area contributed by atoms with E-state index in [4.69, 9.17) is 33.1 Å². The van der Waals surface area contributed by atoms with E-state index in [-0.39, 0.29) is 12.5 Å². The van der Waals surface area contributed by atoms with E-state index in [0.29, 0.717) is 34.8 Å². The molecule has 1 fully saturated rings. The largest absolute Gasteiger partial charge is 0.489 e. The van der Waals surface area contributed by atoms with Gasteiger partial charge in [-0.15, -0.1) is 0 Å². The van der Waals surface area contributed by atoms with Crippen molar-refractivity contribution in [1.82, 2.24) is 15.8 Å². The summed E-state index contributed by atoms with van der Waals surface area (Å²) in [6, 6.07) is 10.1. The van der Waals surface area contributed by atoms with Crippen LogP contribution in [0.5, 0.6) is 5.75 Å². The fourth-order valence-corrected chi connectivity index (χ4v) is 3.45. The third-order valence-corrected chi connectivity index (χ3v) is 4.74. The minimum absolute atomic E-state index is 0.263. The van der Waals surface area contributed by atoms with Gasteiger partial charge in [0.15, 0.2) is 0 Å². The topological polar surface area (TPSA) is 113 Å². The zero-order valence-electron chi connectivity index (χ0n) is 14.6. The third-order valence-electron chi connectivity index (χ3n) is 4.35. The minimum Gasteiger partial charge on any atom is -0.489 e. The highest BCUT2D eigenvalue weighted by molar-refractivity contribution is 6.32. The van der Waals surface area contributed by atoms with Gasteiger partial charge in [0.2, 0.25) is 11.8 Å². The maximum absolute atomic E-state index is 12.4. The summed E-state index contributed by atoms with van der Waals surface area (Å²) in [6.07, 6.45) is 0. The van der Waals surface area contributed by atoms with Crippen molar-refractivity contribution < 1.29 is 19.5 Å². The third kappa shape index (κ3) is 5.11. The Morgan fingerprint density at radius 3 is 2.32 bits per heavy atom. The molecule has 2 atom stereocenters. The normalized spacial score (nSPS) is 18.5. The van der Waals surface area contributed by atoms with Gasteiger partial charge in [-0.05, 0) is 42.0 Å². The molecule has 1 aromatic carbocycles. The number of nitrogens with one attached hydrogen (secondary N) is 3. The monoisotopic (exact) mass is 424 g/mol. The Bertz CT molecular complexity index is 843. The van der Waals surface area contributed by atoms with Crippen molar-refractivity contribution in [3.8, 4) is 5.75 Å². The maximum atomic E-state index is 12.4. The Morgan fingerprint density at radius 2 is 1.71 bits per heavy atom. The molecule has 0 unspecified atom stereocenters. The molecule has 1 aliphatic rings. The van der Waals surface area contributed by atoms with Crippen LogP contribution in [0.1, 0.15) is 5.56 Å². The van der Waals surface area contributed by atoms with Crippen LogP contribution in [0.4, 0.5) is 5.69 Å². The molecule has 28 heavy (non-hydrogen) atoms. The fraction of sp³-hybridized carbons (Fsp3) is 0.278. The second-order valence-corrected chi connectivity index (χ2v) is 7.04. The second-order valence-electron chi connectivity index (χ2n) is 6.27. The van der Waals surface area contributed by atoms with Gasteiger partial charge in [-0.2, -0.15) is 0 Å². The minimum atomic E-state index is -0.619. The predicted molar refractivity (Wildman–Crippen MR) is 103 cm³/mol. The fourth-order valence-electron chi connectivity index (χ4n) is 2.95. The number of aromatic nitrogens is 1. The summed E-state index contributed by atoms with van der Waals surface area (Å²) in [5.74, 6) is -1.46. The number of benzene rings is 1. The highest BCUT2D eigenvalue weighted by atomic mass is 35.5. The van der Waals surface area contributed by atoms with Crippen LogP contribution in [-0.4, -0.2) is 35.1 Å². The summed E-state index contributed by atoms with van der Waals surface area (Å²) in [4.78, 5) is 27.9. The first-order valence-corrected chi connectivity index (χ1v) is 9.22. The van der Waals surface area contributed by atoms with Crippen molar-refractivity contribution in [1.29, 1.82) is 0 Å². The van der Waals surface area contributed by atoms with Gasteiger partial charge in [-0.1, -0.05) is 23.2 Å². The number of ether oxygens (including phenoxy) is 1. The molecule has 3 rings (SSSR count). The van der Waals surface area contributed by atoms with Gasteiger partial charge >= 0.3 is 0 Å². The van der Waals surface area contributed by atoms with Gasteiger partial charge < -0.3 is 15.4 Å². The molecule has 0 spiro atoms. The van der Waals surface area contributed by atoms with E-state index in [1.54, 1.807) is 41.9 Å². The SMILES string of the molecule is O=C(NO)[C@@H]1CNC[C@H]1C(=O)Nc1ccc(OCc2cc(Cl)nc(Cl)c2)cc1. The Balaban J connectivity index is 1.56. The molecule has 148 valence electrons. The number of hydrogen-bond donors (Lipinski definition) is 4. The highest BCUT2D eigenvalue weighted by Gasteiger charge is 2.37. The average molecular weight is 425 g/mol. The molecule has 10 heteroatoms. The number of amides is 2. The van der Waals surface area contributed by atoms with Gasteiger partial charge in [0.1, 0.15) is 22.7 Å². The van der Waals surface area contributed by atoms with E-state index in [9.17, 15) is 9.59 Å². The van der Waals surface area contributed by atoms with Crippen molar-refractivity contribution in [3.63, 3.8) is 0 Å². The molecule has 1 aromatic heterocycles. The molecule has 1 aliphatic heterocycles. The van der Waals surface area contributed by atoms with Gasteiger partial charge in [0, 0.05) is 18.8 Å². The summed E-state index contributed by atoms with van der Waals surface area (Å²) in [5.41, 5.74) is 2.96.